The number of carboxylic acid groups (broad SMARTS) is 1. The molecule has 0 saturated carbocycles. The number of rotatable bonds is 7. The van der Waals surface area contributed by atoms with Crippen LogP contribution in [0.4, 0.5) is 4.79 Å². The number of carboxylic acids is 1. The zero-order valence-electron chi connectivity index (χ0n) is 11.1. The molecule has 0 bridgehead atoms. The van der Waals surface area contributed by atoms with Gasteiger partial charge in [-0.2, -0.15) is 0 Å². The summed E-state index contributed by atoms with van der Waals surface area (Å²) in [6, 6.07) is 7.03. The summed E-state index contributed by atoms with van der Waals surface area (Å²) in [4.78, 5) is 21.7. The molecular formula is C13H17BrN2O4. The predicted molar refractivity (Wildman–Crippen MR) is 77.9 cm³/mol. The lowest BCUT2D eigenvalue weighted by Gasteiger charge is -2.16. The first kappa shape index (κ1) is 16.3. The first-order chi connectivity index (χ1) is 9.49. The Kier molecular flexibility index (Phi) is 6.86. The molecule has 0 heterocycles. The van der Waals surface area contributed by atoms with Gasteiger partial charge in [0, 0.05) is 6.54 Å². The highest BCUT2D eigenvalue weighted by Gasteiger charge is 2.08. The third-order valence-corrected chi connectivity index (χ3v) is 2.99. The van der Waals surface area contributed by atoms with Gasteiger partial charge in [-0.05, 0) is 35.0 Å². The van der Waals surface area contributed by atoms with E-state index in [1.54, 1.807) is 0 Å². The van der Waals surface area contributed by atoms with Gasteiger partial charge >= 0.3 is 12.0 Å². The van der Waals surface area contributed by atoms with Crippen molar-refractivity contribution in [3.8, 4) is 5.75 Å². The standard InChI is InChI=1S/C13H17BrN2O4/c1-9(20-11-5-3-2-4-10(11)14)8-16-13(19)15-7-6-12(17)18/h2-5,9H,6-8H2,1H3,(H,17,18)(H2,15,16,19). The van der Waals surface area contributed by atoms with Crippen LogP contribution >= 0.6 is 15.9 Å². The molecule has 1 rings (SSSR count). The van der Waals surface area contributed by atoms with Crippen LogP contribution in [-0.4, -0.2) is 36.3 Å². The molecule has 0 aliphatic heterocycles. The highest BCUT2D eigenvalue weighted by Crippen LogP contribution is 2.24. The highest BCUT2D eigenvalue weighted by atomic mass is 79.9. The van der Waals surface area contributed by atoms with Crippen LogP contribution in [0.15, 0.2) is 28.7 Å². The lowest BCUT2D eigenvalue weighted by molar-refractivity contribution is -0.136. The van der Waals surface area contributed by atoms with Gasteiger partial charge in [-0.15, -0.1) is 0 Å². The van der Waals surface area contributed by atoms with Gasteiger partial charge in [0.1, 0.15) is 11.9 Å². The topological polar surface area (TPSA) is 87.7 Å². The Labute approximate surface area is 125 Å². The molecule has 0 aliphatic rings. The number of halogens is 1. The Hall–Kier alpha value is -1.76. The molecule has 0 saturated heterocycles. The van der Waals surface area contributed by atoms with Gasteiger partial charge in [-0.1, -0.05) is 12.1 Å². The summed E-state index contributed by atoms with van der Waals surface area (Å²) in [5, 5.41) is 13.5. The fourth-order valence-corrected chi connectivity index (χ4v) is 1.76. The van der Waals surface area contributed by atoms with Crippen LogP contribution in [-0.2, 0) is 4.79 Å². The van der Waals surface area contributed by atoms with Crippen molar-refractivity contribution in [1.82, 2.24) is 10.6 Å². The third kappa shape index (κ3) is 6.42. The quantitative estimate of drug-likeness (QED) is 0.705. The molecular weight excluding hydrogens is 328 g/mol. The average Bonchev–Trinajstić information content (AvgIpc) is 2.39. The Morgan fingerprint density at radius 2 is 2.05 bits per heavy atom. The molecule has 110 valence electrons. The molecule has 7 heteroatoms. The fraction of sp³-hybridized carbons (Fsp3) is 0.385. The van der Waals surface area contributed by atoms with Crippen molar-refractivity contribution in [3.63, 3.8) is 0 Å². The lowest BCUT2D eigenvalue weighted by Crippen LogP contribution is -2.41. The van der Waals surface area contributed by atoms with E-state index in [1.165, 1.54) is 0 Å². The average molecular weight is 345 g/mol. The van der Waals surface area contributed by atoms with E-state index in [4.69, 9.17) is 9.84 Å². The second kappa shape index (κ2) is 8.42. The summed E-state index contributed by atoms with van der Waals surface area (Å²) in [5.41, 5.74) is 0. The summed E-state index contributed by atoms with van der Waals surface area (Å²) < 4.78 is 6.50. The Morgan fingerprint density at radius 3 is 2.70 bits per heavy atom. The maximum absolute atomic E-state index is 11.4. The number of hydrogen-bond acceptors (Lipinski definition) is 3. The summed E-state index contributed by atoms with van der Waals surface area (Å²) >= 11 is 3.37. The monoisotopic (exact) mass is 344 g/mol. The molecule has 0 aliphatic carbocycles. The van der Waals surface area contributed by atoms with E-state index in [0.717, 1.165) is 4.47 Å². The van der Waals surface area contributed by atoms with Gasteiger partial charge in [-0.25, -0.2) is 4.79 Å². The van der Waals surface area contributed by atoms with Crippen LogP contribution in [0, 0.1) is 0 Å². The highest BCUT2D eigenvalue weighted by molar-refractivity contribution is 9.10. The first-order valence-electron chi connectivity index (χ1n) is 6.13. The molecule has 0 aromatic heterocycles. The van der Waals surface area contributed by atoms with Crippen molar-refractivity contribution < 1.29 is 19.4 Å². The number of ether oxygens (including phenoxy) is 1. The van der Waals surface area contributed by atoms with Crippen molar-refractivity contribution in [3.05, 3.63) is 28.7 Å². The second-order valence-corrected chi connectivity index (χ2v) is 4.99. The number of aliphatic carboxylic acids is 1. The minimum absolute atomic E-state index is 0.0979. The molecule has 0 radical (unpaired) electrons. The SMILES string of the molecule is CC(CNC(=O)NCCC(=O)O)Oc1ccccc1Br. The molecule has 0 spiro atoms. The molecule has 0 fully saturated rings. The van der Waals surface area contributed by atoms with Gasteiger partial charge in [0.05, 0.1) is 17.4 Å². The van der Waals surface area contributed by atoms with Crippen molar-refractivity contribution >= 4 is 27.9 Å². The zero-order chi connectivity index (χ0) is 15.0. The Balaban J connectivity index is 2.26. The molecule has 1 atom stereocenters. The number of carbonyl (C=O) groups excluding carboxylic acids is 1. The number of urea groups is 1. The Bertz CT molecular complexity index is 467. The second-order valence-electron chi connectivity index (χ2n) is 4.14. The number of para-hydroxylation sites is 1. The van der Waals surface area contributed by atoms with Gasteiger partial charge in [-0.3, -0.25) is 4.79 Å². The van der Waals surface area contributed by atoms with Crippen LogP contribution in [0.1, 0.15) is 13.3 Å². The van der Waals surface area contributed by atoms with Crippen LogP contribution in [0.5, 0.6) is 5.75 Å². The number of benzene rings is 1. The number of amides is 2. The van der Waals surface area contributed by atoms with Crippen LogP contribution in [0.25, 0.3) is 0 Å². The number of carbonyl (C=O) groups is 2. The molecule has 2 amide bonds. The van der Waals surface area contributed by atoms with E-state index < -0.39 is 12.0 Å². The Morgan fingerprint density at radius 1 is 1.35 bits per heavy atom. The van der Waals surface area contributed by atoms with Crippen molar-refractivity contribution in [2.24, 2.45) is 0 Å². The normalized spacial score (nSPS) is 11.5. The van der Waals surface area contributed by atoms with Crippen molar-refractivity contribution in [2.75, 3.05) is 13.1 Å². The van der Waals surface area contributed by atoms with E-state index >= 15 is 0 Å². The largest absolute Gasteiger partial charge is 0.488 e. The zero-order valence-corrected chi connectivity index (χ0v) is 12.6. The summed E-state index contributed by atoms with van der Waals surface area (Å²) in [7, 11) is 0. The van der Waals surface area contributed by atoms with Crippen LogP contribution in [0.3, 0.4) is 0 Å². The predicted octanol–water partition coefficient (Wildman–Crippen LogP) is 1.99. The summed E-state index contributed by atoms with van der Waals surface area (Å²) in [5.74, 6) is -0.246. The number of nitrogens with one attached hydrogen (secondary N) is 2. The molecule has 1 aromatic rings. The van der Waals surface area contributed by atoms with Crippen molar-refractivity contribution in [2.45, 2.75) is 19.4 Å². The van der Waals surface area contributed by atoms with Crippen LogP contribution in [0.2, 0.25) is 0 Å². The maximum atomic E-state index is 11.4. The first-order valence-corrected chi connectivity index (χ1v) is 6.93. The molecule has 3 N–H and O–H groups in total. The van der Waals surface area contributed by atoms with E-state index in [9.17, 15) is 9.59 Å². The molecule has 6 nitrogen and oxygen atoms in total. The minimum Gasteiger partial charge on any atom is -0.488 e. The molecule has 1 unspecified atom stereocenters. The molecule has 1 aromatic carbocycles. The smallest absolute Gasteiger partial charge is 0.314 e. The van der Waals surface area contributed by atoms with E-state index in [1.807, 2.05) is 31.2 Å². The number of hydrogen-bond donors (Lipinski definition) is 3. The van der Waals surface area contributed by atoms with Gasteiger partial charge in [0.25, 0.3) is 0 Å². The maximum Gasteiger partial charge on any atom is 0.314 e. The van der Waals surface area contributed by atoms with Crippen LogP contribution < -0.4 is 15.4 Å². The summed E-state index contributed by atoms with van der Waals surface area (Å²) in [6.07, 6.45) is -0.310. The van der Waals surface area contributed by atoms with Crippen molar-refractivity contribution in [1.29, 1.82) is 0 Å². The molecule has 20 heavy (non-hydrogen) atoms. The van der Waals surface area contributed by atoms with Gasteiger partial charge in [0.2, 0.25) is 0 Å². The third-order valence-electron chi connectivity index (χ3n) is 2.34. The van der Waals surface area contributed by atoms with Gasteiger partial charge < -0.3 is 20.5 Å². The van der Waals surface area contributed by atoms with E-state index in [2.05, 4.69) is 26.6 Å². The minimum atomic E-state index is -0.948. The van der Waals surface area contributed by atoms with Gasteiger partial charge in [0.15, 0.2) is 0 Å². The fourth-order valence-electron chi connectivity index (χ4n) is 1.38. The van der Waals surface area contributed by atoms with E-state index in [-0.39, 0.29) is 19.1 Å². The summed E-state index contributed by atoms with van der Waals surface area (Å²) in [6.45, 7) is 2.25. The lowest BCUT2D eigenvalue weighted by atomic mass is 10.3. The van der Waals surface area contributed by atoms with E-state index in [0.29, 0.717) is 12.3 Å².